The van der Waals surface area contributed by atoms with Crippen molar-refractivity contribution < 1.29 is 13.9 Å². The normalized spacial score (nSPS) is 10.9. The third-order valence-electron chi connectivity index (χ3n) is 5.08. The van der Waals surface area contributed by atoms with E-state index in [2.05, 4.69) is 14.9 Å². The minimum Gasteiger partial charge on any atom is -0.491 e. The summed E-state index contributed by atoms with van der Waals surface area (Å²) in [5.41, 5.74) is 1.72. The smallest absolute Gasteiger partial charge is 0.251 e. The highest BCUT2D eigenvalue weighted by Crippen LogP contribution is 2.21. The maximum atomic E-state index is 14.8. The third kappa shape index (κ3) is 5.28. The molecular formula is C25H24FN3O2. The molecule has 0 radical (unpaired) electrons. The molecule has 0 spiro atoms. The van der Waals surface area contributed by atoms with E-state index in [1.54, 1.807) is 42.6 Å². The Bertz CT molecular complexity index is 1160. The zero-order valence-corrected chi connectivity index (χ0v) is 17.1. The van der Waals surface area contributed by atoms with Crippen LogP contribution >= 0.6 is 0 Å². The van der Waals surface area contributed by atoms with E-state index in [-0.39, 0.29) is 18.2 Å². The standard InChI is InChI=1S/C25H24FN3O2/c26-24-21(7-5-9-23(24)31-16-4-3-15-29-13-1-2-14-29)18-28-25(30)20-10-11-22-19(17-20)8-6-12-27-22/h1-2,5-14,17H,3-4,15-16,18H2,(H,28,30). The number of benzene rings is 2. The number of rotatable bonds is 9. The van der Waals surface area contributed by atoms with E-state index in [1.165, 1.54) is 0 Å². The van der Waals surface area contributed by atoms with Gasteiger partial charge in [0.05, 0.1) is 12.1 Å². The van der Waals surface area contributed by atoms with Gasteiger partial charge in [0.2, 0.25) is 0 Å². The molecule has 4 rings (SSSR count). The van der Waals surface area contributed by atoms with E-state index >= 15 is 0 Å². The first-order chi connectivity index (χ1) is 15.2. The first kappa shape index (κ1) is 20.6. The number of aryl methyl sites for hydroxylation is 1. The first-order valence-corrected chi connectivity index (χ1v) is 10.3. The van der Waals surface area contributed by atoms with Crippen molar-refractivity contribution in [3.8, 4) is 5.75 Å². The molecule has 0 aliphatic rings. The molecule has 0 aliphatic carbocycles. The number of hydrogen-bond donors (Lipinski definition) is 1. The quantitative estimate of drug-likeness (QED) is 0.392. The zero-order valence-electron chi connectivity index (χ0n) is 17.1. The number of halogens is 1. The van der Waals surface area contributed by atoms with E-state index in [0.717, 1.165) is 30.3 Å². The van der Waals surface area contributed by atoms with Gasteiger partial charge in [-0.05, 0) is 55.3 Å². The molecule has 1 amide bonds. The van der Waals surface area contributed by atoms with Crippen molar-refractivity contribution in [2.75, 3.05) is 6.61 Å². The lowest BCUT2D eigenvalue weighted by Gasteiger charge is -2.11. The Morgan fingerprint density at radius 1 is 1.03 bits per heavy atom. The summed E-state index contributed by atoms with van der Waals surface area (Å²) in [4.78, 5) is 16.8. The van der Waals surface area contributed by atoms with Crippen molar-refractivity contribution >= 4 is 16.8 Å². The minimum absolute atomic E-state index is 0.0839. The van der Waals surface area contributed by atoms with Gasteiger partial charge in [0.1, 0.15) is 0 Å². The maximum absolute atomic E-state index is 14.8. The molecule has 0 aliphatic heterocycles. The number of aromatic nitrogens is 2. The molecule has 0 bridgehead atoms. The van der Waals surface area contributed by atoms with Gasteiger partial charge >= 0.3 is 0 Å². The number of pyridine rings is 1. The number of carbonyl (C=O) groups excluding carboxylic acids is 1. The van der Waals surface area contributed by atoms with E-state index < -0.39 is 5.82 Å². The topological polar surface area (TPSA) is 56.1 Å². The average molecular weight is 417 g/mol. The van der Waals surface area contributed by atoms with Crippen LogP contribution in [0.2, 0.25) is 0 Å². The summed E-state index contributed by atoms with van der Waals surface area (Å²) in [7, 11) is 0. The highest BCUT2D eigenvalue weighted by molar-refractivity contribution is 5.97. The van der Waals surface area contributed by atoms with Crippen LogP contribution in [0.1, 0.15) is 28.8 Å². The number of hydrogen-bond acceptors (Lipinski definition) is 3. The second-order valence-electron chi connectivity index (χ2n) is 7.30. The molecule has 2 heterocycles. The summed E-state index contributed by atoms with van der Waals surface area (Å²) < 4.78 is 22.5. The van der Waals surface area contributed by atoms with E-state index in [4.69, 9.17) is 4.74 Å². The molecule has 2 aromatic carbocycles. The summed E-state index contributed by atoms with van der Waals surface area (Å²) >= 11 is 0. The minimum atomic E-state index is -0.434. The third-order valence-corrected chi connectivity index (χ3v) is 5.08. The summed E-state index contributed by atoms with van der Waals surface area (Å²) in [6.45, 7) is 1.44. The molecule has 31 heavy (non-hydrogen) atoms. The molecule has 0 atom stereocenters. The largest absolute Gasteiger partial charge is 0.491 e. The second kappa shape index (κ2) is 9.89. The van der Waals surface area contributed by atoms with Gasteiger partial charge in [0.15, 0.2) is 11.6 Å². The molecule has 0 saturated heterocycles. The van der Waals surface area contributed by atoms with Gasteiger partial charge in [-0.3, -0.25) is 9.78 Å². The van der Waals surface area contributed by atoms with Gasteiger partial charge in [-0.25, -0.2) is 4.39 Å². The summed E-state index contributed by atoms with van der Waals surface area (Å²) in [5.74, 6) is -0.484. The van der Waals surface area contributed by atoms with Crippen LogP contribution in [0.15, 0.2) is 79.3 Å². The van der Waals surface area contributed by atoms with E-state index in [1.807, 2.05) is 36.7 Å². The molecule has 0 saturated carbocycles. The Balaban J connectivity index is 1.30. The van der Waals surface area contributed by atoms with E-state index in [0.29, 0.717) is 17.7 Å². The van der Waals surface area contributed by atoms with Gasteiger partial charge in [-0.1, -0.05) is 18.2 Å². The number of carbonyl (C=O) groups is 1. The fourth-order valence-electron chi connectivity index (χ4n) is 3.40. The van der Waals surface area contributed by atoms with Crippen LogP contribution in [0.4, 0.5) is 4.39 Å². The van der Waals surface area contributed by atoms with Crippen LogP contribution < -0.4 is 10.1 Å². The highest BCUT2D eigenvalue weighted by Gasteiger charge is 2.12. The van der Waals surface area contributed by atoms with Crippen LogP contribution in [0, 0.1) is 5.82 Å². The fraction of sp³-hybridized carbons (Fsp3) is 0.200. The van der Waals surface area contributed by atoms with Crippen molar-refractivity contribution in [1.82, 2.24) is 14.9 Å². The SMILES string of the molecule is O=C(NCc1cccc(OCCCCn2cccc2)c1F)c1ccc2ncccc2c1. The number of nitrogens with one attached hydrogen (secondary N) is 1. The van der Waals surface area contributed by atoms with E-state index in [9.17, 15) is 9.18 Å². The Morgan fingerprint density at radius 2 is 1.90 bits per heavy atom. The Kier molecular flexibility index (Phi) is 6.57. The Hall–Kier alpha value is -3.67. The number of unbranched alkanes of at least 4 members (excludes halogenated alkanes) is 1. The maximum Gasteiger partial charge on any atom is 0.251 e. The Labute approximate surface area is 180 Å². The molecule has 4 aromatic rings. The van der Waals surface area contributed by atoms with Crippen LogP contribution in [0.25, 0.3) is 10.9 Å². The van der Waals surface area contributed by atoms with Gasteiger partial charge in [0, 0.05) is 48.2 Å². The van der Waals surface area contributed by atoms with Gasteiger partial charge in [-0.2, -0.15) is 0 Å². The van der Waals surface area contributed by atoms with Crippen molar-refractivity contribution in [3.63, 3.8) is 0 Å². The van der Waals surface area contributed by atoms with Crippen LogP contribution in [-0.2, 0) is 13.1 Å². The summed E-state index contributed by atoms with van der Waals surface area (Å²) in [6, 6.07) is 18.0. The second-order valence-corrected chi connectivity index (χ2v) is 7.30. The Morgan fingerprint density at radius 3 is 2.77 bits per heavy atom. The molecule has 1 N–H and O–H groups in total. The molecule has 158 valence electrons. The monoisotopic (exact) mass is 417 g/mol. The molecule has 5 nitrogen and oxygen atoms in total. The van der Waals surface area contributed by atoms with Gasteiger partial charge in [0.25, 0.3) is 5.91 Å². The number of nitrogens with zero attached hydrogens (tertiary/aromatic N) is 2. The first-order valence-electron chi connectivity index (χ1n) is 10.3. The van der Waals surface area contributed by atoms with Crippen LogP contribution in [0.5, 0.6) is 5.75 Å². The van der Waals surface area contributed by atoms with Crippen LogP contribution in [0.3, 0.4) is 0 Å². The van der Waals surface area contributed by atoms with Crippen molar-refractivity contribution in [3.05, 3.63) is 96.2 Å². The van der Waals surface area contributed by atoms with Crippen molar-refractivity contribution in [2.45, 2.75) is 25.9 Å². The lowest BCUT2D eigenvalue weighted by molar-refractivity contribution is 0.0950. The number of fused-ring (bicyclic) bond motifs is 1. The molecule has 2 aromatic heterocycles. The number of ether oxygens (including phenoxy) is 1. The average Bonchev–Trinajstić information content (AvgIpc) is 3.32. The summed E-state index contributed by atoms with van der Waals surface area (Å²) in [6.07, 6.45) is 7.53. The summed E-state index contributed by atoms with van der Waals surface area (Å²) in [5, 5.41) is 3.67. The lowest BCUT2D eigenvalue weighted by Crippen LogP contribution is -2.23. The molecule has 0 fully saturated rings. The zero-order chi connectivity index (χ0) is 21.5. The molecule has 6 heteroatoms. The lowest BCUT2D eigenvalue weighted by atomic mass is 10.1. The predicted molar refractivity (Wildman–Crippen MR) is 118 cm³/mol. The van der Waals surface area contributed by atoms with Crippen LogP contribution in [-0.4, -0.2) is 22.1 Å². The fourth-order valence-corrected chi connectivity index (χ4v) is 3.40. The predicted octanol–water partition coefficient (Wildman–Crippen LogP) is 4.96. The van der Waals surface area contributed by atoms with Gasteiger partial charge < -0.3 is 14.6 Å². The molecular weight excluding hydrogens is 393 g/mol. The van der Waals surface area contributed by atoms with Crippen molar-refractivity contribution in [2.24, 2.45) is 0 Å². The molecule has 0 unspecified atom stereocenters. The number of amides is 1. The van der Waals surface area contributed by atoms with Gasteiger partial charge in [-0.15, -0.1) is 0 Å². The highest BCUT2D eigenvalue weighted by atomic mass is 19.1. The van der Waals surface area contributed by atoms with Crippen molar-refractivity contribution in [1.29, 1.82) is 0 Å².